The number of fused-ring (bicyclic) bond motifs is 1. The predicted octanol–water partition coefficient (Wildman–Crippen LogP) is 2.28. The fraction of sp³-hybridized carbons (Fsp3) is 0.200. The van der Waals surface area contributed by atoms with Gasteiger partial charge in [0, 0.05) is 6.42 Å². The van der Waals surface area contributed by atoms with E-state index in [0.717, 1.165) is 11.1 Å². The minimum atomic E-state index is -0.566. The molecule has 0 aliphatic heterocycles. The van der Waals surface area contributed by atoms with Gasteiger partial charge < -0.3 is 5.11 Å². The molecule has 62 valence electrons. The molecular weight excluding hydrogens is 155 g/mol. The summed E-state index contributed by atoms with van der Waals surface area (Å²) in [5.41, 5.74) is 2.45. The Morgan fingerprint density at radius 1 is 1.50 bits per heavy atom. The van der Waals surface area contributed by atoms with Crippen molar-refractivity contribution >= 4 is 5.57 Å². The van der Waals surface area contributed by atoms with Crippen LogP contribution in [-0.2, 0) is 0 Å². The summed E-state index contributed by atoms with van der Waals surface area (Å²) >= 11 is 0. The fourth-order valence-corrected chi connectivity index (χ4v) is 1.58. The second kappa shape index (κ2) is 2.42. The fourth-order valence-electron chi connectivity index (χ4n) is 1.58. The molecule has 1 atom stereocenters. The van der Waals surface area contributed by atoms with Gasteiger partial charge in [-0.25, -0.2) is 4.39 Å². The largest absolute Gasteiger partial charge is 0.388 e. The quantitative estimate of drug-likeness (QED) is 0.623. The maximum Gasteiger partial charge on any atom is 0.123 e. The molecule has 2 rings (SSSR count). The Morgan fingerprint density at radius 3 is 3.00 bits per heavy atom. The molecule has 0 saturated heterocycles. The van der Waals surface area contributed by atoms with E-state index in [9.17, 15) is 9.50 Å². The number of hydrogen-bond acceptors (Lipinski definition) is 1. The minimum Gasteiger partial charge on any atom is -0.388 e. The zero-order valence-corrected chi connectivity index (χ0v) is 6.55. The highest BCUT2D eigenvalue weighted by Crippen LogP contribution is 2.38. The summed E-state index contributed by atoms with van der Waals surface area (Å²) in [5.74, 6) is -0.303. The van der Waals surface area contributed by atoms with Gasteiger partial charge in [0.15, 0.2) is 0 Å². The van der Waals surface area contributed by atoms with Gasteiger partial charge in [0.2, 0.25) is 0 Å². The number of aliphatic hydroxyl groups is 1. The Kier molecular flexibility index (Phi) is 1.51. The first-order valence-corrected chi connectivity index (χ1v) is 3.84. The summed E-state index contributed by atoms with van der Waals surface area (Å²) in [6, 6.07) is 4.43. The summed E-state index contributed by atoms with van der Waals surface area (Å²) in [7, 11) is 0. The maximum atomic E-state index is 12.7. The van der Waals surface area contributed by atoms with E-state index < -0.39 is 6.10 Å². The Hall–Kier alpha value is -1.15. The number of halogens is 1. The summed E-state index contributed by atoms with van der Waals surface area (Å²) in [6.45, 7) is 3.79. The predicted molar refractivity (Wildman–Crippen MR) is 45.0 cm³/mol. The van der Waals surface area contributed by atoms with E-state index in [1.807, 2.05) is 0 Å². The van der Waals surface area contributed by atoms with E-state index in [1.54, 1.807) is 6.07 Å². The molecular formula is C10H9FO. The van der Waals surface area contributed by atoms with Gasteiger partial charge in [-0.3, -0.25) is 0 Å². The van der Waals surface area contributed by atoms with Crippen molar-refractivity contribution < 1.29 is 9.50 Å². The normalized spacial score (nSPS) is 21.2. The average molecular weight is 164 g/mol. The lowest BCUT2D eigenvalue weighted by molar-refractivity contribution is 0.190. The van der Waals surface area contributed by atoms with Gasteiger partial charge in [0.1, 0.15) is 5.82 Å². The third kappa shape index (κ3) is 0.959. The van der Waals surface area contributed by atoms with Crippen molar-refractivity contribution in [3.8, 4) is 0 Å². The van der Waals surface area contributed by atoms with Gasteiger partial charge >= 0.3 is 0 Å². The van der Waals surface area contributed by atoms with Crippen LogP contribution in [0.4, 0.5) is 4.39 Å². The molecule has 2 heteroatoms. The van der Waals surface area contributed by atoms with Crippen LogP contribution in [0.25, 0.3) is 5.57 Å². The molecule has 1 aromatic carbocycles. The topological polar surface area (TPSA) is 20.2 Å². The molecule has 0 heterocycles. The Morgan fingerprint density at radius 2 is 2.25 bits per heavy atom. The first-order chi connectivity index (χ1) is 5.68. The Balaban J connectivity index is 2.60. The second-order valence-electron chi connectivity index (χ2n) is 3.06. The van der Waals surface area contributed by atoms with Crippen molar-refractivity contribution in [2.24, 2.45) is 0 Å². The maximum absolute atomic E-state index is 12.7. The molecule has 0 amide bonds. The van der Waals surface area contributed by atoms with E-state index in [0.29, 0.717) is 12.0 Å². The lowest BCUT2D eigenvalue weighted by atomic mass is 10.1. The monoisotopic (exact) mass is 164 g/mol. The third-order valence-electron chi connectivity index (χ3n) is 2.19. The molecule has 12 heavy (non-hydrogen) atoms. The number of benzene rings is 1. The molecule has 0 radical (unpaired) electrons. The molecule has 0 unspecified atom stereocenters. The third-order valence-corrected chi connectivity index (χ3v) is 2.19. The molecule has 1 aliphatic carbocycles. The lowest BCUT2D eigenvalue weighted by Crippen LogP contribution is -1.90. The van der Waals surface area contributed by atoms with Crippen molar-refractivity contribution in [3.63, 3.8) is 0 Å². The van der Waals surface area contributed by atoms with Crippen LogP contribution >= 0.6 is 0 Å². The molecule has 0 fully saturated rings. The van der Waals surface area contributed by atoms with Crippen molar-refractivity contribution in [1.82, 2.24) is 0 Å². The molecule has 0 aromatic heterocycles. The van der Waals surface area contributed by atoms with Gasteiger partial charge in [0.05, 0.1) is 6.10 Å². The van der Waals surface area contributed by atoms with Crippen LogP contribution in [0.3, 0.4) is 0 Å². The van der Waals surface area contributed by atoms with E-state index in [2.05, 4.69) is 6.58 Å². The number of hydrogen-bond donors (Lipinski definition) is 1. The number of aliphatic hydroxyl groups excluding tert-OH is 1. The van der Waals surface area contributed by atoms with Gasteiger partial charge in [0.25, 0.3) is 0 Å². The van der Waals surface area contributed by atoms with Crippen molar-refractivity contribution in [1.29, 1.82) is 0 Å². The number of rotatable bonds is 0. The molecule has 0 saturated carbocycles. The highest BCUT2D eigenvalue weighted by molar-refractivity contribution is 5.71. The molecule has 0 spiro atoms. The van der Waals surface area contributed by atoms with Crippen LogP contribution < -0.4 is 0 Å². The molecule has 0 bridgehead atoms. The molecule has 1 nitrogen and oxygen atoms in total. The van der Waals surface area contributed by atoms with Crippen molar-refractivity contribution in [2.75, 3.05) is 0 Å². The lowest BCUT2D eigenvalue weighted by Gasteiger charge is -2.01. The van der Waals surface area contributed by atoms with Gasteiger partial charge in [-0.05, 0) is 28.8 Å². The van der Waals surface area contributed by atoms with Gasteiger partial charge in [-0.2, -0.15) is 0 Å². The summed E-state index contributed by atoms with van der Waals surface area (Å²) in [5, 5.41) is 9.45. The average Bonchev–Trinajstić information content (AvgIpc) is 2.28. The van der Waals surface area contributed by atoms with Crippen molar-refractivity contribution in [2.45, 2.75) is 12.5 Å². The smallest absolute Gasteiger partial charge is 0.123 e. The highest BCUT2D eigenvalue weighted by Gasteiger charge is 2.23. The first-order valence-electron chi connectivity index (χ1n) is 3.84. The Labute approximate surface area is 70.2 Å². The standard InChI is InChI=1S/C10H9FO/c1-6-4-10(12)9-5-7(11)2-3-8(6)9/h2-3,5,10,12H,1,4H2/t10-/m1/s1. The Bertz CT molecular complexity index is 344. The zero-order valence-electron chi connectivity index (χ0n) is 6.55. The highest BCUT2D eigenvalue weighted by atomic mass is 19.1. The minimum absolute atomic E-state index is 0.303. The first kappa shape index (κ1) is 7.50. The van der Waals surface area contributed by atoms with Crippen LogP contribution in [0.2, 0.25) is 0 Å². The van der Waals surface area contributed by atoms with Crippen LogP contribution in [-0.4, -0.2) is 5.11 Å². The van der Waals surface area contributed by atoms with Crippen LogP contribution in [0.15, 0.2) is 24.8 Å². The molecule has 1 N–H and O–H groups in total. The SMILES string of the molecule is C=C1C[C@@H](O)c2cc(F)ccc21. The van der Waals surface area contributed by atoms with Crippen LogP contribution in [0, 0.1) is 5.82 Å². The molecule has 1 aliphatic rings. The summed E-state index contributed by atoms with van der Waals surface area (Å²) in [6.07, 6.45) is -0.0399. The van der Waals surface area contributed by atoms with Gasteiger partial charge in [-0.1, -0.05) is 12.6 Å². The zero-order chi connectivity index (χ0) is 8.72. The van der Waals surface area contributed by atoms with Crippen LogP contribution in [0.1, 0.15) is 23.7 Å². The van der Waals surface area contributed by atoms with Crippen molar-refractivity contribution in [3.05, 3.63) is 41.7 Å². The van der Waals surface area contributed by atoms with E-state index >= 15 is 0 Å². The summed E-state index contributed by atoms with van der Waals surface area (Å²) in [4.78, 5) is 0. The molecule has 1 aromatic rings. The summed E-state index contributed by atoms with van der Waals surface area (Å²) < 4.78 is 12.7. The van der Waals surface area contributed by atoms with E-state index in [1.165, 1.54) is 12.1 Å². The van der Waals surface area contributed by atoms with Crippen LogP contribution in [0.5, 0.6) is 0 Å². The van der Waals surface area contributed by atoms with E-state index in [-0.39, 0.29) is 5.82 Å². The second-order valence-corrected chi connectivity index (χ2v) is 3.06. The van der Waals surface area contributed by atoms with E-state index in [4.69, 9.17) is 0 Å². The van der Waals surface area contributed by atoms with Gasteiger partial charge in [-0.15, -0.1) is 0 Å².